The van der Waals surface area contributed by atoms with Crippen molar-refractivity contribution in [2.45, 2.75) is 77.5 Å². The van der Waals surface area contributed by atoms with E-state index in [0.29, 0.717) is 0 Å². The first-order valence-electron chi connectivity index (χ1n) is 11.1. The van der Waals surface area contributed by atoms with Crippen molar-refractivity contribution in [1.82, 2.24) is 0 Å². The summed E-state index contributed by atoms with van der Waals surface area (Å²) in [4.78, 5) is 0. The van der Waals surface area contributed by atoms with Crippen LogP contribution in [0.1, 0.15) is 80.5 Å². The second kappa shape index (κ2) is 6.59. The first-order chi connectivity index (χ1) is 13.0. The highest BCUT2D eigenvalue weighted by Crippen LogP contribution is 2.39. The normalized spacial score (nSPS) is 19.8. The molecule has 25 heavy (non-hydrogen) atoms. The predicted molar refractivity (Wildman–Crippen MR) is 107 cm³/mol. The smallest absolute Gasteiger partial charge is 0.201 e. The lowest BCUT2D eigenvalue weighted by molar-refractivity contribution is -0.661. The number of nitrogens with zero attached hydrogens (tertiary/aromatic N) is 1. The average molecular weight is 340 g/mol. The van der Waals surface area contributed by atoms with Gasteiger partial charge in [0.2, 0.25) is 5.69 Å². The summed E-state index contributed by atoms with van der Waals surface area (Å²) in [6, 6.07) is 10.8. The molecule has 0 amide bonds. The summed E-state index contributed by atoms with van der Waals surface area (Å²) in [7, 11) is 2.03. The highest BCUT2D eigenvalue weighted by molar-refractivity contribution is 5.62. The van der Waals surface area contributed by atoms with E-state index in [1.54, 1.807) is 0 Å². The van der Waals surface area contributed by atoms with E-state index in [1.165, 1.54) is 16.7 Å². The van der Waals surface area contributed by atoms with E-state index < -0.39 is 12.3 Å². The highest BCUT2D eigenvalue weighted by atomic mass is 14.9. The second-order valence-corrected chi connectivity index (χ2v) is 8.84. The Hall–Kier alpha value is -1.63. The van der Waals surface area contributed by atoms with Gasteiger partial charge in [-0.15, -0.1) is 0 Å². The third kappa shape index (κ3) is 3.66. The molecule has 1 aliphatic rings. The van der Waals surface area contributed by atoms with Crippen LogP contribution in [0.5, 0.6) is 0 Å². The van der Waals surface area contributed by atoms with Gasteiger partial charge in [-0.25, -0.2) is 4.57 Å². The van der Waals surface area contributed by atoms with Crippen LogP contribution in [0.2, 0.25) is 0 Å². The van der Waals surface area contributed by atoms with Crippen molar-refractivity contribution in [2.24, 2.45) is 7.05 Å². The number of hydrogen-bond acceptors (Lipinski definition) is 0. The Morgan fingerprint density at radius 1 is 1.04 bits per heavy atom. The van der Waals surface area contributed by atoms with Crippen molar-refractivity contribution in [3.63, 3.8) is 0 Å². The molecule has 3 rings (SSSR count). The van der Waals surface area contributed by atoms with E-state index in [9.17, 15) is 0 Å². The average Bonchev–Trinajstić information content (AvgIpc) is 2.61. The molecule has 134 valence electrons. The predicted octanol–water partition coefficient (Wildman–Crippen LogP) is 6.01. The van der Waals surface area contributed by atoms with E-state index >= 15 is 0 Å². The number of aryl methyl sites for hydroxylation is 2. The minimum atomic E-state index is -1.97. The monoisotopic (exact) mass is 339 g/mol. The van der Waals surface area contributed by atoms with Crippen LogP contribution in [0.4, 0.5) is 0 Å². The number of benzene rings is 1. The minimum absolute atomic E-state index is 0.127. The fraction of sp³-hybridized carbons (Fsp3) is 0.542. The van der Waals surface area contributed by atoms with Gasteiger partial charge >= 0.3 is 0 Å². The lowest BCUT2D eigenvalue weighted by atomic mass is 9.71. The largest absolute Gasteiger partial charge is 0.212 e. The first kappa shape index (κ1) is 14.5. The summed E-state index contributed by atoms with van der Waals surface area (Å²) >= 11 is 0. The molecule has 1 nitrogen and oxygen atoms in total. The SMILES string of the molecule is [2H]C([2H])([2H])C1(c2ccc(-c3ccc(C(C)(C)C)cc3C)[n+](C)c2)CCCCC1. The van der Waals surface area contributed by atoms with Gasteiger partial charge in [0.25, 0.3) is 0 Å². The molecule has 0 N–H and O–H groups in total. The van der Waals surface area contributed by atoms with Gasteiger partial charge in [-0.2, -0.15) is 0 Å². The number of hydrogen-bond donors (Lipinski definition) is 0. The molecule has 0 bridgehead atoms. The van der Waals surface area contributed by atoms with Crippen LogP contribution in [0.15, 0.2) is 36.5 Å². The standard InChI is InChI=1S/C24H34N/c1-18-16-19(23(2,3)4)10-12-21(18)22-13-11-20(17-25(22)6)24(5)14-8-7-9-15-24/h10-13,16-17H,7-9,14-15H2,1-6H3/q+1/i5D3. The van der Waals surface area contributed by atoms with Crippen LogP contribution in [-0.4, -0.2) is 0 Å². The van der Waals surface area contributed by atoms with Crippen molar-refractivity contribution in [2.75, 3.05) is 0 Å². The van der Waals surface area contributed by atoms with Gasteiger partial charge in [-0.05, 0) is 53.9 Å². The lowest BCUT2D eigenvalue weighted by Crippen LogP contribution is -2.35. The van der Waals surface area contributed by atoms with Crippen molar-refractivity contribution in [1.29, 1.82) is 0 Å². The van der Waals surface area contributed by atoms with E-state index in [4.69, 9.17) is 4.11 Å². The Kier molecular flexibility index (Phi) is 3.83. The molecule has 1 saturated carbocycles. The van der Waals surface area contributed by atoms with Crippen molar-refractivity contribution in [3.8, 4) is 11.3 Å². The summed E-state index contributed by atoms with van der Waals surface area (Å²) in [5.41, 5.74) is 5.29. The van der Waals surface area contributed by atoms with Crippen LogP contribution >= 0.6 is 0 Å². The molecule has 1 heteroatoms. The molecular weight excluding hydrogens is 302 g/mol. The fourth-order valence-electron chi connectivity index (χ4n) is 4.03. The Balaban J connectivity index is 2.04. The maximum Gasteiger partial charge on any atom is 0.212 e. The highest BCUT2D eigenvalue weighted by Gasteiger charge is 2.31. The number of rotatable bonds is 2. The molecule has 2 aromatic rings. The van der Waals surface area contributed by atoms with Gasteiger partial charge in [-0.1, -0.05) is 59.0 Å². The van der Waals surface area contributed by atoms with E-state index in [1.807, 2.05) is 7.05 Å². The first-order valence-corrected chi connectivity index (χ1v) is 9.57. The molecule has 0 atom stereocenters. The number of pyridine rings is 1. The third-order valence-corrected chi connectivity index (χ3v) is 5.76. The Labute approximate surface area is 158 Å². The summed E-state index contributed by atoms with van der Waals surface area (Å²) in [5, 5.41) is 0. The maximum atomic E-state index is 8.24. The Morgan fingerprint density at radius 2 is 1.76 bits per heavy atom. The van der Waals surface area contributed by atoms with Gasteiger partial charge < -0.3 is 0 Å². The molecule has 1 aromatic carbocycles. The Morgan fingerprint density at radius 3 is 2.32 bits per heavy atom. The van der Waals surface area contributed by atoms with Crippen LogP contribution in [0.25, 0.3) is 11.3 Å². The summed E-state index contributed by atoms with van der Waals surface area (Å²) in [6.07, 6.45) is 6.70. The second-order valence-electron chi connectivity index (χ2n) is 8.84. The molecule has 1 aromatic heterocycles. The molecule has 0 aliphatic heterocycles. The molecule has 1 fully saturated rings. The van der Waals surface area contributed by atoms with E-state index in [0.717, 1.165) is 43.4 Å². The summed E-state index contributed by atoms with van der Waals surface area (Å²) in [5.74, 6) is 0. The van der Waals surface area contributed by atoms with E-state index in [-0.39, 0.29) is 5.41 Å². The molecule has 1 aliphatic carbocycles. The topological polar surface area (TPSA) is 3.88 Å². The maximum absolute atomic E-state index is 8.24. The van der Waals surface area contributed by atoms with Gasteiger partial charge in [0, 0.05) is 21.3 Å². The van der Waals surface area contributed by atoms with Gasteiger partial charge in [-0.3, -0.25) is 0 Å². The van der Waals surface area contributed by atoms with Gasteiger partial charge in [0.15, 0.2) is 6.20 Å². The Bertz CT molecular complexity index is 853. The van der Waals surface area contributed by atoms with Crippen molar-refractivity contribution >= 4 is 0 Å². The summed E-state index contributed by atoms with van der Waals surface area (Å²) in [6.45, 7) is 6.88. The van der Waals surface area contributed by atoms with Crippen molar-refractivity contribution < 1.29 is 8.68 Å². The fourth-order valence-corrected chi connectivity index (χ4v) is 4.03. The minimum Gasteiger partial charge on any atom is -0.201 e. The summed E-state index contributed by atoms with van der Waals surface area (Å²) < 4.78 is 26.8. The zero-order chi connectivity index (χ0) is 20.7. The molecule has 0 unspecified atom stereocenters. The lowest BCUT2D eigenvalue weighted by Gasteiger charge is -2.33. The number of aromatic nitrogens is 1. The molecule has 1 heterocycles. The van der Waals surface area contributed by atoms with Crippen LogP contribution < -0.4 is 4.57 Å². The van der Waals surface area contributed by atoms with Gasteiger partial charge in [0.05, 0.1) is 0 Å². The van der Waals surface area contributed by atoms with Gasteiger partial charge in [0.1, 0.15) is 7.05 Å². The molecule has 0 spiro atoms. The quantitative estimate of drug-likeness (QED) is 0.590. The molecule has 0 saturated heterocycles. The van der Waals surface area contributed by atoms with Crippen LogP contribution in [0.3, 0.4) is 0 Å². The third-order valence-electron chi connectivity index (χ3n) is 5.76. The molecule has 0 radical (unpaired) electrons. The van der Waals surface area contributed by atoms with E-state index in [2.05, 4.69) is 68.8 Å². The van der Waals surface area contributed by atoms with Crippen LogP contribution in [-0.2, 0) is 17.9 Å². The van der Waals surface area contributed by atoms with Crippen molar-refractivity contribution in [3.05, 3.63) is 53.2 Å². The molecular formula is C24H34N+. The zero-order valence-electron chi connectivity index (χ0n) is 19.4. The van der Waals surface area contributed by atoms with Crippen LogP contribution in [0, 0.1) is 6.92 Å². The zero-order valence-corrected chi connectivity index (χ0v) is 16.4.